The van der Waals surface area contributed by atoms with Crippen molar-refractivity contribution in [1.82, 2.24) is 0 Å². The van der Waals surface area contributed by atoms with Gasteiger partial charge in [-0.1, -0.05) is 48.0 Å². The second-order valence-corrected chi connectivity index (χ2v) is 8.88. The Morgan fingerprint density at radius 2 is 1.12 bits per heavy atom. The minimum Gasteiger partial charge on any atom is -0.0649 e. The maximum absolute atomic E-state index is 2.55. The average molecular weight is 222 g/mol. The molecule has 0 aromatic heterocycles. The van der Waals surface area contributed by atoms with Crippen LogP contribution < -0.4 is 0 Å². The number of rotatable bonds is 1. The van der Waals surface area contributed by atoms with Gasteiger partial charge in [-0.3, -0.25) is 0 Å². The highest BCUT2D eigenvalue weighted by Crippen LogP contribution is 2.66. The van der Waals surface area contributed by atoms with Gasteiger partial charge in [0.1, 0.15) is 0 Å². The van der Waals surface area contributed by atoms with Gasteiger partial charge in [0.25, 0.3) is 0 Å². The van der Waals surface area contributed by atoms with Gasteiger partial charge in [0.05, 0.1) is 0 Å². The van der Waals surface area contributed by atoms with Crippen molar-refractivity contribution in [2.45, 2.75) is 80.1 Å². The molecule has 0 N–H and O–H groups in total. The lowest BCUT2D eigenvalue weighted by molar-refractivity contribution is -0.102. The third kappa shape index (κ3) is 2.17. The van der Waals surface area contributed by atoms with Gasteiger partial charge >= 0.3 is 0 Å². The molecule has 16 heavy (non-hydrogen) atoms. The second-order valence-electron chi connectivity index (χ2n) is 8.88. The molecule has 0 amide bonds. The standard InChI is InChI=1S/C16H30/c1-7-16-10-13(2,3)8-15(6,12-16)9-14(4,5)11-16/h7-12H2,1-6H3. The van der Waals surface area contributed by atoms with E-state index < -0.39 is 0 Å². The fourth-order valence-corrected chi connectivity index (χ4v) is 6.12. The summed E-state index contributed by atoms with van der Waals surface area (Å²) >= 11 is 0. The van der Waals surface area contributed by atoms with Crippen LogP contribution in [0.2, 0.25) is 0 Å². The first-order valence-corrected chi connectivity index (χ1v) is 7.10. The summed E-state index contributed by atoms with van der Waals surface area (Å²) in [5.41, 5.74) is 2.40. The molecule has 0 spiro atoms. The first-order chi connectivity index (χ1) is 7.10. The Morgan fingerprint density at radius 3 is 1.50 bits per heavy atom. The van der Waals surface area contributed by atoms with Gasteiger partial charge < -0.3 is 0 Å². The van der Waals surface area contributed by atoms with Crippen LogP contribution in [0.5, 0.6) is 0 Å². The van der Waals surface area contributed by atoms with E-state index in [0.717, 1.165) is 0 Å². The molecule has 0 heteroatoms. The molecular formula is C16H30. The quantitative estimate of drug-likeness (QED) is 0.556. The molecule has 0 nitrogen and oxygen atoms in total. The van der Waals surface area contributed by atoms with E-state index in [4.69, 9.17) is 0 Å². The molecule has 2 fully saturated rings. The van der Waals surface area contributed by atoms with Gasteiger partial charge in [0, 0.05) is 0 Å². The van der Waals surface area contributed by atoms with Crippen molar-refractivity contribution in [3.05, 3.63) is 0 Å². The van der Waals surface area contributed by atoms with Crippen molar-refractivity contribution in [1.29, 1.82) is 0 Å². The minimum absolute atomic E-state index is 0.569. The van der Waals surface area contributed by atoms with E-state index in [-0.39, 0.29) is 0 Å². The van der Waals surface area contributed by atoms with Gasteiger partial charge in [0.2, 0.25) is 0 Å². The zero-order valence-corrected chi connectivity index (χ0v) is 12.2. The Labute approximate surface area is 102 Å². The lowest BCUT2D eigenvalue weighted by Crippen LogP contribution is -2.50. The topological polar surface area (TPSA) is 0 Å². The zero-order valence-electron chi connectivity index (χ0n) is 12.2. The van der Waals surface area contributed by atoms with Gasteiger partial charge in [-0.05, 0) is 53.8 Å². The predicted octanol–water partition coefficient (Wildman–Crippen LogP) is 5.42. The smallest absolute Gasteiger partial charge is 0.0285 e. The van der Waals surface area contributed by atoms with E-state index in [0.29, 0.717) is 21.7 Å². The van der Waals surface area contributed by atoms with Crippen LogP contribution in [-0.2, 0) is 0 Å². The fourth-order valence-electron chi connectivity index (χ4n) is 6.12. The summed E-state index contributed by atoms with van der Waals surface area (Å²) in [6.45, 7) is 14.9. The van der Waals surface area contributed by atoms with Gasteiger partial charge in [-0.15, -0.1) is 0 Å². The third-order valence-electron chi connectivity index (χ3n) is 5.07. The van der Waals surface area contributed by atoms with Crippen LogP contribution in [0.25, 0.3) is 0 Å². The van der Waals surface area contributed by atoms with Crippen LogP contribution in [0.4, 0.5) is 0 Å². The number of hydrogen-bond acceptors (Lipinski definition) is 0. The highest BCUT2D eigenvalue weighted by atomic mass is 14.6. The van der Waals surface area contributed by atoms with E-state index in [2.05, 4.69) is 41.5 Å². The second kappa shape index (κ2) is 3.27. The molecule has 0 heterocycles. The number of hydrogen-bond donors (Lipinski definition) is 0. The molecule has 0 aliphatic heterocycles. The van der Waals surface area contributed by atoms with Crippen molar-refractivity contribution in [3.8, 4) is 0 Å². The van der Waals surface area contributed by atoms with E-state index in [1.165, 1.54) is 38.5 Å². The summed E-state index contributed by atoms with van der Waals surface area (Å²) in [6, 6.07) is 0. The molecular weight excluding hydrogens is 192 g/mol. The third-order valence-corrected chi connectivity index (χ3v) is 5.07. The monoisotopic (exact) mass is 222 g/mol. The molecule has 0 saturated heterocycles. The molecule has 0 atom stereocenters. The normalized spacial score (nSPS) is 45.4. The average Bonchev–Trinajstić information content (AvgIpc) is 1.94. The largest absolute Gasteiger partial charge is 0.0649 e. The Bertz CT molecular complexity index is 257. The Morgan fingerprint density at radius 1 is 0.688 bits per heavy atom. The molecule has 0 aromatic carbocycles. The van der Waals surface area contributed by atoms with Crippen molar-refractivity contribution >= 4 is 0 Å². The van der Waals surface area contributed by atoms with E-state index in [9.17, 15) is 0 Å². The first-order valence-electron chi connectivity index (χ1n) is 7.10. The van der Waals surface area contributed by atoms with Crippen LogP contribution >= 0.6 is 0 Å². The summed E-state index contributed by atoms with van der Waals surface area (Å²) in [5.74, 6) is 0. The molecule has 2 saturated carbocycles. The molecule has 0 unspecified atom stereocenters. The highest BCUT2D eigenvalue weighted by molar-refractivity contribution is 5.05. The Kier molecular flexibility index (Phi) is 2.54. The van der Waals surface area contributed by atoms with E-state index >= 15 is 0 Å². The van der Waals surface area contributed by atoms with Crippen molar-refractivity contribution in [2.75, 3.05) is 0 Å². The SMILES string of the molecule is CCC12CC(C)(C)CC(C)(CC(C)(C)C1)C2. The van der Waals surface area contributed by atoms with Gasteiger partial charge in [-0.25, -0.2) is 0 Å². The van der Waals surface area contributed by atoms with Crippen molar-refractivity contribution < 1.29 is 0 Å². The molecule has 0 radical (unpaired) electrons. The Balaban J connectivity index is 2.36. The maximum atomic E-state index is 2.55. The minimum atomic E-state index is 0.569. The lowest BCUT2D eigenvalue weighted by atomic mass is 9.44. The molecule has 94 valence electrons. The van der Waals surface area contributed by atoms with Crippen molar-refractivity contribution in [3.63, 3.8) is 0 Å². The van der Waals surface area contributed by atoms with Crippen LogP contribution in [0, 0.1) is 21.7 Å². The van der Waals surface area contributed by atoms with Crippen LogP contribution in [0.15, 0.2) is 0 Å². The maximum Gasteiger partial charge on any atom is -0.0285 e. The summed E-state index contributed by atoms with van der Waals surface area (Å²) < 4.78 is 0. The summed E-state index contributed by atoms with van der Waals surface area (Å²) in [4.78, 5) is 0. The highest BCUT2D eigenvalue weighted by Gasteiger charge is 2.54. The van der Waals surface area contributed by atoms with Crippen LogP contribution in [0.3, 0.4) is 0 Å². The first kappa shape index (κ1) is 12.5. The predicted molar refractivity (Wildman–Crippen MR) is 71.5 cm³/mol. The molecule has 2 bridgehead atoms. The summed E-state index contributed by atoms with van der Waals surface area (Å²) in [6.07, 6.45) is 8.65. The van der Waals surface area contributed by atoms with Gasteiger partial charge in [0.15, 0.2) is 0 Å². The van der Waals surface area contributed by atoms with E-state index in [1.807, 2.05) is 0 Å². The molecule has 2 aliphatic rings. The van der Waals surface area contributed by atoms with Crippen molar-refractivity contribution in [2.24, 2.45) is 21.7 Å². The van der Waals surface area contributed by atoms with Crippen LogP contribution in [-0.4, -0.2) is 0 Å². The zero-order chi connectivity index (χ0) is 12.2. The molecule has 0 aromatic rings. The van der Waals surface area contributed by atoms with Gasteiger partial charge in [-0.2, -0.15) is 0 Å². The van der Waals surface area contributed by atoms with Crippen LogP contribution in [0.1, 0.15) is 80.1 Å². The summed E-state index contributed by atoms with van der Waals surface area (Å²) in [5, 5.41) is 0. The Hall–Kier alpha value is 0. The number of fused-ring (bicyclic) bond motifs is 2. The molecule has 2 aliphatic carbocycles. The van der Waals surface area contributed by atoms with E-state index in [1.54, 1.807) is 0 Å². The summed E-state index contributed by atoms with van der Waals surface area (Å²) in [7, 11) is 0. The fraction of sp³-hybridized carbons (Fsp3) is 1.00. The lowest BCUT2D eigenvalue weighted by Gasteiger charge is -2.61. The molecule has 2 rings (SSSR count).